The van der Waals surface area contributed by atoms with E-state index in [9.17, 15) is 4.79 Å². The summed E-state index contributed by atoms with van der Waals surface area (Å²) in [6.45, 7) is 3.54. The van der Waals surface area contributed by atoms with Crippen molar-refractivity contribution in [1.29, 1.82) is 0 Å². The predicted molar refractivity (Wildman–Crippen MR) is 108 cm³/mol. The largest absolute Gasteiger partial charge is 0.356 e. The number of piperidine rings is 1. The van der Waals surface area contributed by atoms with E-state index in [1.165, 1.54) is 0 Å². The Labute approximate surface area is 163 Å². The van der Waals surface area contributed by atoms with Crippen molar-refractivity contribution in [2.24, 2.45) is 5.92 Å². The van der Waals surface area contributed by atoms with Gasteiger partial charge < -0.3 is 10.2 Å². The highest BCUT2D eigenvalue weighted by atomic mass is 16.1. The second-order valence-corrected chi connectivity index (χ2v) is 6.89. The molecule has 7 heteroatoms. The maximum Gasteiger partial charge on any atom is 0.228 e. The van der Waals surface area contributed by atoms with Crippen molar-refractivity contribution in [2.75, 3.05) is 23.3 Å². The maximum atomic E-state index is 12.5. The molecule has 0 aliphatic carbocycles. The molecule has 0 bridgehead atoms. The first kappa shape index (κ1) is 18.0. The molecule has 1 N–H and O–H groups in total. The third kappa shape index (κ3) is 4.14. The second kappa shape index (κ2) is 8.12. The van der Waals surface area contributed by atoms with Crippen LogP contribution in [0.2, 0.25) is 0 Å². The van der Waals surface area contributed by atoms with E-state index in [4.69, 9.17) is 4.98 Å². The molecule has 1 aliphatic heterocycles. The standard InChI is InChI=1S/C21H22N6O/c1-15-14-19(26-20(24-15)16-5-10-22-11-6-16)27-12-7-17(8-13-27)21(28)25-18-4-2-3-9-23-18/h2-6,9-11,14,17H,7-8,12-13H2,1H3,(H,23,25,28). The Bertz CT molecular complexity index is 940. The Hall–Kier alpha value is -3.35. The van der Waals surface area contributed by atoms with Crippen molar-refractivity contribution < 1.29 is 4.79 Å². The molecule has 0 atom stereocenters. The van der Waals surface area contributed by atoms with E-state index in [1.54, 1.807) is 24.7 Å². The van der Waals surface area contributed by atoms with Crippen molar-refractivity contribution >= 4 is 17.5 Å². The molecule has 28 heavy (non-hydrogen) atoms. The predicted octanol–water partition coefficient (Wildman–Crippen LogP) is 3.10. The topological polar surface area (TPSA) is 83.9 Å². The number of nitrogens with one attached hydrogen (secondary N) is 1. The van der Waals surface area contributed by atoms with Crippen molar-refractivity contribution in [3.8, 4) is 11.4 Å². The van der Waals surface area contributed by atoms with Gasteiger partial charge in [-0.15, -0.1) is 0 Å². The molecule has 0 radical (unpaired) electrons. The van der Waals surface area contributed by atoms with Crippen molar-refractivity contribution in [3.05, 3.63) is 60.7 Å². The molecule has 0 saturated carbocycles. The lowest BCUT2D eigenvalue weighted by Crippen LogP contribution is -2.38. The summed E-state index contributed by atoms with van der Waals surface area (Å²) in [5, 5.41) is 2.91. The number of nitrogens with zero attached hydrogens (tertiary/aromatic N) is 5. The monoisotopic (exact) mass is 374 g/mol. The van der Waals surface area contributed by atoms with Crippen LogP contribution in [0.25, 0.3) is 11.4 Å². The minimum Gasteiger partial charge on any atom is -0.356 e. The first-order valence-corrected chi connectivity index (χ1v) is 9.42. The van der Waals surface area contributed by atoms with Crippen LogP contribution >= 0.6 is 0 Å². The summed E-state index contributed by atoms with van der Waals surface area (Å²) in [5.41, 5.74) is 1.87. The van der Waals surface area contributed by atoms with Gasteiger partial charge in [0.1, 0.15) is 11.6 Å². The van der Waals surface area contributed by atoms with Crippen LogP contribution in [0.15, 0.2) is 55.0 Å². The van der Waals surface area contributed by atoms with Gasteiger partial charge in [0.2, 0.25) is 5.91 Å². The van der Waals surface area contributed by atoms with E-state index in [0.717, 1.165) is 43.0 Å². The number of carbonyl (C=O) groups excluding carboxylic acids is 1. The first-order valence-electron chi connectivity index (χ1n) is 9.42. The highest BCUT2D eigenvalue weighted by Crippen LogP contribution is 2.25. The van der Waals surface area contributed by atoms with Crippen LogP contribution in [0, 0.1) is 12.8 Å². The zero-order valence-corrected chi connectivity index (χ0v) is 15.7. The molecule has 0 unspecified atom stereocenters. The average Bonchev–Trinajstić information content (AvgIpc) is 2.75. The van der Waals surface area contributed by atoms with Crippen LogP contribution < -0.4 is 10.2 Å². The third-order valence-electron chi connectivity index (χ3n) is 4.89. The van der Waals surface area contributed by atoms with Gasteiger partial charge in [0.25, 0.3) is 0 Å². The molecule has 4 heterocycles. The summed E-state index contributed by atoms with van der Waals surface area (Å²) >= 11 is 0. The van der Waals surface area contributed by atoms with Crippen LogP contribution in [0.3, 0.4) is 0 Å². The van der Waals surface area contributed by atoms with Crippen LogP contribution in [0.5, 0.6) is 0 Å². The number of hydrogen-bond acceptors (Lipinski definition) is 6. The Morgan fingerprint density at radius 3 is 2.57 bits per heavy atom. The van der Waals surface area contributed by atoms with Crippen LogP contribution in [0.4, 0.5) is 11.6 Å². The SMILES string of the molecule is Cc1cc(N2CCC(C(=O)Nc3ccccn3)CC2)nc(-c2ccncc2)n1. The summed E-state index contributed by atoms with van der Waals surface area (Å²) in [4.78, 5) is 32.2. The van der Waals surface area contributed by atoms with E-state index in [-0.39, 0.29) is 11.8 Å². The zero-order chi connectivity index (χ0) is 19.3. The van der Waals surface area contributed by atoms with Gasteiger partial charge in [0, 0.05) is 54.9 Å². The van der Waals surface area contributed by atoms with Gasteiger partial charge in [-0.2, -0.15) is 0 Å². The lowest BCUT2D eigenvalue weighted by Gasteiger charge is -2.32. The number of carbonyl (C=O) groups is 1. The summed E-state index contributed by atoms with van der Waals surface area (Å²) in [6.07, 6.45) is 6.73. The van der Waals surface area contributed by atoms with Crippen molar-refractivity contribution in [2.45, 2.75) is 19.8 Å². The van der Waals surface area contributed by atoms with Gasteiger partial charge in [-0.1, -0.05) is 6.07 Å². The molecule has 7 nitrogen and oxygen atoms in total. The summed E-state index contributed by atoms with van der Waals surface area (Å²) in [5.74, 6) is 2.23. The van der Waals surface area contributed by atoms with E-state index < -0.39 is 0 Å². The lowest BCUT2D eigenvalue weighted by atomic mass is 9.96. The summed E-state index contributed by atoms with van der Waals surface area (Å²) in [6, 6.07) is 11.3. The van der Waals surface area contributed by atoms with Gasteiger partial charge in [0.15, 0.2) is 5.82 Å². The molecule has 1 fully saturated rings. The molecular weight excluding hydrogens is 352 g/mol. The Morgan fingerprint density at radius 1 is 1.07 bits per heavy atom. The first-order chi connectivity index (χ1) is 13.7. The smallest absolute Gasteiger partial charge is 0.228 e. The number of anilines is 2. The zero-order valence-electron chi connectivity index (χ0n) is 15.7. The van der Waals surface area contributed by atoms with Crippen LogP contribution in [-0.2, 0) is 4.79 Å². The number of hydrogen-bond donors (Lipinski definition) is 1. The van der Waals surface area contributed by atoms with E-state index in [2.05, 4.69) is 25.2 Å². The van der Waals surface area contributed by atoms with Crippen LogP contribution in [0.1, 0.15) is 18.5 Å². The minimum absolute atomic E-state index is 0.0131. The van der Waals surface area contributed by atoms with Gasteiger partial charge in [0.05, 0.1) is 0 Å². The molecule has 1 aliphatic rings. The molecule has 1 amide bonds. The van der Waals surface area contributed by atoms with Crippen molar-refractivity contribution in [1.82, 2.24) is 19.9 Å². The Morgan fingerprint density at radius 2 is 1.86 bits per heavy atom. The lowest BCUT2D eigenvalue weighted by molar-refractivity contribution is -0.120. The highest BCUT2D eigenvalue weighted by molar-refractivity contribution is 5.91. The number of aromatic nitrogens is 4. The second-order valence-electron chi connectivity index (χ2n) is 6.89. The van der Waals surface area contributed by atoms with Gasteiger partial charge >= 0.3 is 0 Å². The Balaban J connectivity index is 1.42. The normalized spacial score (nSPS) is 14.7. The van der Waals surface area contributed by atoms with E-state index in [1.807, 2.05) is 37.3 Å². The molecule has 3 aromatic heterocycles. The van der Waals surface area contributed by atoms with Crippen LogP contribution in [-0.4, -0.2) is 38.9 Å². The fourth-order valence-electron chi connectivity index (χ4n) is 3.38. The summed E-state index contributed by atoms with van der Waals surface area (Å²) < 4.78 is 0. The van der Waals surface area contributed by atoms with Crippen molar-refractivity contribution in [3.63, 3.8) is 0 Å². The summed E-state index contributed by atoms with van der Waals surface area (Å²) in [7, 11) is 0. The molecule has 4 rings (SSSR count). The van der Waals surface area contributed by atoms with Gasteiger partial charge in [-0.3, -0.25) is 9.78 Å². The minimum atomic E-state index is -0.0131. The molecule has 0 spiro atoms. The molecule has 142 valence electrons. The average molecular weight is 374 g/mol. The maximum absolute atomic E-state index is 12.5. The number of pyridine rings is 2. The van der Waals surface area contributed by atoms with E-state index in [0.29, 0.717) is 11.6 Å². The van der Waals surface area contributed by atoms with Gasteiger partial charge in [-0.05, 0) is 44.0 Å². The Kier molecular flexibility index (Phi) is 5.23. The van der Waals surface area contributed by atoms with Gasteiger partial charge in [-0.25, -0.2) is 15.0 Å². The molecule has 3 aromatic rings. The van der Waals surface area contributed by atoms with E-state index >= 15 is 0 Å². The molecular formula is C21H22N6O. The highest BCUT2D eigenvalue weighted by Gasteiger charge is 2.26. The number of aryl methyl sites for hydroxylation is 1. The quantitative estimate of drug-likeness (QED) is 0.755. The number of rotatable bonds is 4. The molecule has 1 saturated heterocycles. The molecule has 0 aromatic carbocycles. The number of amides is 1. The fraction of sp³-hybridized carbons (Fsp3) is 0.286. The third-order valence-corrected chi connectivity index (χ3v) is 4.89. The fourth-order valence-corrected chi connectivity index (χ4v) is 3.38.